The highest BCUT2D eigenvalue weighted by Crippen LogP contribution is 2.26. The second-order valence-electron chi connectivity index (χ2n) is 4.74. The van der Waals surface area contributed by atoms with E-state index in [1.807, 2.05) is 19.1 Å². The Balaban J connectivity index is 1.89. The maximum absolute atomic E-state index is 11.8. The zero-order valence-corrected chi connectivity index (χ0v) is 11.1. The van der Waals surface area contributed by atoms with Crippen molar-refractivity contribution in [1.29, 1.82) is 0 Å². The van der Waals surface area contributed by atoms with Crippen molar-refractivity contribution < 1.29 is 14.7 Å². The first-order valence-electron chi connectivity index (χ1n) is 6.14. The van der Waals surface area contributed by atoms with E-state index in [9.17, 15) is 9.59 Å². The minimum Gasteiger partial charge on any atom is -0.481 e. The van der Waals surface area contributed by atoms with E-state index in [-0.39, 0.29) is 11.9 Å². The zero-order chi connectivity index (χ0) is 13.1. The number of aryl methyl sites for hydroxylation is 1. The molecule has 5 heteroatoms. The highest BCUT2D eigenvalue weighted by molar-refractivity contribution is 7.12. The topological polar surface area (TPSA) is 66.4 Å². The molecule has 2 atom stereocenters. The van der Waals surface area contributed by atoms with Gasteiger partial charge in [-0.1, -0.05) is 6.42 Å². The van der Waals surface area contributed by atoms with E-state index >= 15 is 0 Å². The third-order valence-corrected chi connectivity index (χ3v) is 4.31. The highest BCUT2D eigenvalue weighted by Gasteiger charge is 2.33. The third kappa shape index (κ3) is 3.10. The molecule has 0 radical (unpaired) electrons. The monoisotopic (exact) mass is 267 g/mol. The van der Waals surface area contributed by atoms with Gasteiger partial charge in [0.2, 0.25) is 5.91 Å². The van der Waals surface area contributed by atoms with E-state index in [0.29, 0.717) is 12.8 Å². The number of nitrogens with one attached hydrogen (secondary N) is 1. The maximum Gasteiger partial charge on any atom is 0.308 e. The number of hydrogen-bond acceptors (Lipinski definition) is 3. The molecular weight excluding hydrogens is 250 g/mol. The second-order valence-corrected chi connectivity index (χ2v) is 6.11. The number of thiophene rings is 1. The number of hydrogen-bond donors (Lipinski definition) is 2. The fourth-order valence-electron chi connectivity index (χ4n) is 2.42. The Morgan fingerprint density at radius 2 is 2.22 bits per heavy atom. The summed E-state index contributed by atoms with van der Waals surface area (Å²) in [4.78, 5) is 25.1. The van der Waals surface area contributed by atoms with Crippen molar-refractivity contribution in [3.63, 3.8) is 0 Å². The van der Waals surface area contributed by atoms with Crippen LogP contribution in [0.3, 0.4) is 0 Å². The highest BCUT2D eigenvalue weighted by atomic mass is 32.1. The Morgan fingerprint density at radius 1 is 1.44 bits per heavy atom. The van der Waals surface area contributed by atoms with Crippen LogP contribution in [-0.4, -0.2) is 23.0 Å². The smallest absolute Gasteiger partial charge is 0.308 e. The summed E-state index contributed by atoms with van der Waals surface area (Å²) in [5.74, 6) is -1.29. The summed E-state index contributed by atoms with van der Waals surface area (Å²) in [7, 11) is 0. The number of rotatable bonds is 4. The largest absolute Gasteiger partial charge is 0.481 e. The lowest BCUT2D eigenvalue weighted by Crippen LogP contribution is -2.40. The molecule has 1 aromatic heterocycles. The predicted molar refractivity (Wildman–Crippen MR) is 69.7 cm³/mol. The summed E-state index contributed by atoms with van der Waals surface area (Å²) >= 11 is 1.60. The van der Waals surface area contributed by atoms with Crippen LogP contribution in [0, 0.1) is 12.8 Å². The lowest BCUT2D eigenvalue weighted by molar-refractivity contribution is -0.142. The molecule has 1 aromatic rings. The van der Waals surface area contributed by atoms with Gasteiger partial charge >= 0.3 is 5.97 Å². The Hall–Kier alpha value is -1.36. The maximum atomic E-state index is 11.8. The number of aliphatic carboxylic acids is 1. The van der Waals surface area contributed by atoms with Gasteiger partial charge in [-0.2, -0.15) is 0 Å². The van der Waals surface area contributed by atoms with Gasteiger partial charge in [-0.25, -0.2) is 0 Å². The second kappa shape index (κ2) is 5.52. The third-order valence-electron chi connectivity index (χ3n) is 3.31. The molecule has 1 saturated carbocycles. The van der Waals surface area contributed by atoms with Gasteiger partial charge in [0.15, 0.2) is 0 Å². The van der Waals surface area contributed by atoms with E-state index < -0.39 is 11.9 Å². The first kappa shape index (κ1) is 13.1. The molecule has 1 aliphatic carbocycles. The fourth-order valence-corrected chi connectivity index (χ4v) is 3.31. The summed E-state index contributed by atoms with van der Waals surface area (Å²) in [6, 6.07) is 3.74. The number of carboxylic acid groups (broad SMARTS) is 1. The van der Waals surface area contributed by atoms with Gasteiger partial charge in [0, 0.05) is 15.8 Å². The van der Waals surface area contributed by atoms with Crippen molar-refractivity contribution in [3.05, 3.63) is 21.9 Å². The van der Waals surface area contributed by atoms with Crippen LogP contribution >= 0.6 is 11.3 Å². The van der Waals surface area contributed by atoms with Crippen LogP contribution in [0.25, 0.3) is 0 Å². The van der Waals surface area contributed by atoms with E-state index in [4.69, 9.17) is 5.11 Å². The van der Waals surface area contributed by atoms with E-state index in [2.05, 4.69) is 5.32 Å². The molecule has 0 aromatic carbocycles. The van der Waals surface area contributed by atoms with Gasteiger partial charge in [-0.05, 0) is 31.9 Å². The molecule has 0 spiro atoms. The van der Waals surface area contributed by atoms with Crippen molar-refractivity contribution in [1.82, 2.24) is 5.32 Å². The lowest BCUT2D eigenvalue weighted by Gasteiger charge is -2.17. The fraction of sp³-hybridized carbons (Fsp3) is 0.538. The Bertz CT molecular complexity index is 455. The molecular formula is C13H17NO3S. The van der Waals surface area contributed by atoms with Crippen LogP contribution in [0.15, 0.2) is 12.1 Å². The average molecular weight is 267 g/mol. The van der Waals surface area contributed by atoms with Crippen LogP contribution in [0.1, 0.15) is 29.0 Å². The number of carboxylic acids is 1. The molecule has 18 heavy (non-hydrogen) atoms. The molecule has 4 nitrogen and oxygen atoms in total. The molecule has 1 aliphatic rings. The van der Waals surface area contributed by atoms with E-state index in [1.165, 1.54) is 4.88 Å². The molecule has 0 unspecified atom stereocenters. The molecule has 98 valence electrons. The minimum atomic E-state index is -0.801. The summed E-state index contributed by atoms with van der Waals surface area (Å²) in [5, 5.41) is 11.9. The summed E-state index contributed by atoms with van der Waals surface area (Å²) < 4.78 is 0. The van der Waals surface area contributed by atoms with Gasteiger partial charge < -0.3 is 10.4 Å². The summed E-state index contributed by atoms with van der Waals surface area (Å²) in [5.41, 5.74) is 0. The van der Waals surface area contributed by atoms with Gasteiger partial charge in [-0.3, -0.25) is 9.59 Å². The number of carbonyl (C=O) groups is 2. The molecule has 2 rings (SSSR count). The Kier molecular flexibility index (Phi) is 4.01. The van der Waals surface area contributed by atoms with Crippen LogP contribution in [0.4, 0.5) is 0 Å². The van der Waals surface area contributed by atoms with Crippen molar-refractivity contribution >= 4 is 23.2 Å². The van der Waals surface area contributed by atoms with Crippen LogP contribution in [-0.2, 0) is 16.0 Å². The van der Waals surface area contributed by atoms with Gasteiger partial charge in [0.25, 0.3) is 0 Å². The summed E-state index contributed by atoms with van der Waals surface area (Å²) in [6.45, 7) is 2.00. The van der Waals surface area contributed by atoms with E-state index in [0.717, 1.165) is 17.7 Å². The van der Waals surface area contributed by atoms with Gasteiger partial charge in [0.1, 0.15) is 0 Å². The molecule has 0 aliphatic heterocycles. The van der Waals surface area contributed by atoms with Crippen molar-refractivity contribution in [2.45, 2.75) is 38.6 Å². The Labute approximate surface area is 110 Å². The van der Waals surface area contributed by atoms with Crippen LogP contribution in [0.5, 0.6) is 0 Å². The SMILES string of the molecule is Cc1ccc(CC(=O)N[C@@H]2CCC[C@@H]2C(=O)O)s1. The normalized spacial score (nSPS) is 22.9. The molecule has 0 bridgehead atoms. The molecule has 1 fully saturated rings. The van der Waals surface area contributed by atoms with Crippen LogP contribution < -0.4 is 5.32 Å². The van der Waals surface area contributed by atoms with Gasteiger partial charge in [-0.15, -0.1) is 11.3 Å². The molecule has 2 N–H and O–H groups in total. The quantitative estimate of drug-likeness (QED) is 0.876. The zero-order valence-electron chi connectivity index (χ0n) is 10.3. The van der Waals surface area contributed by atoms with Gasteiger partial charge in [0.05, 0.1) is 12.3 Å². The standard InChI is InChI=1S/C13H17NO3S/c1-8-5-6-9(18-8)7-12(15)14-11-4-2-3-10(11)13(16)17/h5-6,10-11H,2-4,7H2,1H3,(H,14,15)(H,16,17)/t10-,11+/m0/s1. The molecule has 1 amide bonds. The number of carbonyl (C=O) groups excluding carboxylic acids is 1. The van der Waals surface area contributed by atoms with Crippen molar-refractivity contribution in [2.24, 2.45) is 5.92 Å². The Morgan fingerprint density at radius 3 is 2.83 bits per heavy atom. The van der Waals surface area contributed by atoms with Crippen LogP contribution in [0.2, 0.25) is 0 Å². The van der Waals surface area contributed by atoms with E-state index in [1.54, 1.807) is 11.3 Å². The lowest BCUT2D eigenvalue weighted by atomic mass is 10.0. The predicted octanol–water partition coefficient (Wildman–Crippen LogP) is 1.97. The number of amides is 1. The molecule has 0 saturated heterocycles. The molecule has 1 heterocycles. The van der Waals surface area contributed by atoms with Crippen molar-refractivity contribution in [3.8, 4) is 0 Å². The minimum absolute atomic E-state index is 0.0741. The average Bonchev–Trinajstić information content (AvgIpc) is 2.87. The summed E-state index contributed by atoms with van der Waals surface area (Å²) in [6.07, 6.45) is 2.66. The first-order chi connectivity index (χ1) is 8.56. The van der Waals surface area contributed by atoms with Crippen molar-refractivity contribution in [2.75, 3.05) is 0 Å². The first-order valence-corrected chi connectivity index (χ1v) is 6.95.